The van der Waals surface area contributed by atoms with Crippen molar-refractivity contribution in [2.75, 3.05) is 21.0 Å². The van der Waals surface area contributed by atoms with E-state index >= 15 is 0 Å². The van der Waals surface area contributed by atoms with Crippen molar-refractivity contribution in [3.8, 4) is 23.0 Å². The van der Waals surface area contributed by atoms with Crippen LogP contribution < -0.4 is 24.3 Å². The van der Waals surface area contributed by atoms with Crippen LogP contribution in [-0.2, 0) is 13.1 Å². The van der Waals surface area contributed by atoms with Crippen molar-refractivity contribution < 1.29 is 18.9 Å². The van der Waals surface area contributed by atoms with Crippen molar-refractivity contribution in [1.82, 2.24) is 5.32 Å². The fourth-order valence-corrected chi connectivity index (χ4v) is 3.21. The monoisotopic (exact) mass is 351 g/mol. The van der Waals surface area contributed by atoms with Crippen LogP contribution >= 0.6 is 0 Å². The van der Waals surface area contributed by atoms with E-state index < -0.39 is 0 Å². The molecule has 5 heteroatoms. The average molecular weight is 351 g/mol. The number of fused-ring (bicyclic) bond motifs is 2. The fraction of sp³-hybridized carbons (Fsp3) is 0.238. The Bertz CT molecular complexity index is 939. The first-order valence-corrected chi connectivity index (χ1v) is 8.51. The first-order chi connectivity index (χ1) is 12.8. The summed E-state index contributed by atoms with van der Waals surface area (Å²) in [6.45, 7) is 1.80. The highest BCUT2D eigenvalue weighted by Crippen LogP contribution is 2.33. The number of methoxy groups -OCH3 is 2. The summed E-state index contributed by atoms with van der Waals surface area (Å²) in [5.41, 5.74) is 2.37. The Hall–Kier alpha value is -2.92. The summed E-state index contributed by atoms with van der Waals surface area (Å²) in [5.74, 6) is 3.29. The zero-order valence-corrected chi connectivity index (χ0v) is 14.9. The number of hydrogen-bond donors (Lipinski definition) is 1. The molecule has 5 nitrogen and oxygen atoms in total. The molecule has 1 aliphatic heterocycles. The van der Waals surface area contributed by atoms with E-state index in [9.17, 15) is 0 Å². The molecule has 0 bridgehead atoms. The van der Waals surface area contributed by atoms with E-state index in [2.05, 4.69) is 23.5 Å². The summed E-state index contributed by atoms with van der Waals surface area (Å²) in [6, 6.07) is 16.2. The molecule has 0 saturated heterocycles. The van der Waals surface area contributed by atoms with Gasteiger partial charge in [0.05, 0.1) is 14.2 Å². The smallest absolute Gasteiger partial charge is 0.231 e. The van der Waals surface area contributed by atoms with Gasteiger partial charge in [0, 0.05) is 18.5 Å². The number of hydrogen-bond acceptors (Lipinski definition) is 5. The summed E-state index contributed by atoms with van der Waals surface area (Å²) in [4.78, 5) is 0. The summed E-state index contributed by atoms with van der Waals surface area (Å²) in [6.07, 6.45) is 0. The van der Waals surface area contributed by atoms with Crippen molar-refractivity contribution >= 4 is 10.8 Å². The van der Waals surface area contributed by atoms with Gasteiger partial charge in [-0.1, -0.05) is 18.2 Å². The molecular weight excluding hydrogens is 330 g/mol. The van der Waals surface area contributed by atoms with Crippen LogP contribution in [0.1, 0.15) is 11.1 Å². The van der Waals surface area contributed by atoms with Crippen LogP contribution in [0.5, 0.6) is 23.0 Å². The zero-order valence-electron chi connectivity index (χ0n) is 14.9. The van der Waals surface area contributed by atoms with E-state index in [0.717, 1.165) is 52.4 Å². The lowest BCUT2D eigenvalue weighted by molar-refractivity contribution is 0.174. The van der Waals surface area contributed by atoms with Gasteiger partial charge < -0.3 is 24.3 Å². The molecular formula is C21H21NO4. The van der Waals surface area contributed by atoms with E-state index in [1.165, 1.54) is 5.56 Å². The Morgan fingerprint density at radius 1 is 0.846 bits per heavy atom. The van der Waals surface area contributed by atoms with Crippen LogP contribution in [0.15, 0.2) is 48.5 Å². The van der Waals surface area contributed by atoms with Gasteiger partial charge in [0.1, 0.15) is 11.5 Å². The van der Waals surface area contributed by atoms with Gasteiger partial charge in [-0.25, -0.2) is 0 Å². The summed E-state index contributed by atoms with van der Waals surface area (Å²) >= 11 is 0. The lowest BCUT2D eigenvalue weighted by Gasteiger charge is -2.13. The molecule has 3 aromatic rings. The van der Waals surface area contributed by atoms with Gasteiger partial charge in [-0.2, -0.15) is 0 Å². The van der Waals surface area contributed by atoms with Gasteiger partial charge in [-0.15, -0.1) is 0 Å². The highest BCUT2D eigenvalue weighted by atomic mass is 16.7. The van der Waals surface area contributed by atoms with Crippen LogP contribution in [0.3, 0.4) is 0 Å². The maximum atomic E-state index is 5.50. The Kier molecular flexibility index (Phi) is 4.54. The molecule has 0 saturated carbocycles. The van der Waals surface area contributed by atoms with E-state index in [1.807, 2.05) is 30.3 Å². The van der Waals surface area contributed by atoms with Gasteiger partial charge in [-0.3, -0.25) is 0 Å². The highest BCUT2D eigenvalue weighted by molar-refractivity contribution is 5.92. The normalized spacial score (nSPS) is 12.4. The summed E-state index contributed by atoms with van der Waals surface area (Å²) < 4.78 is 21.6. The van der Waals surface area contributed by atoms with Gasteiger partial charge in [0.2, 0.25) is 6.79 Å². The van der Waals surface area contributed by atoms with Crippen LogP contribution in [-0.4, -0.2) is 21.0 Å². The van der Waals surface area contributed by atoms with Crippen molar-refractivity contribution in [3.05, 3.63) is 59.7 Å². The summed E-state index contributed by atoms with van der Waals surface area (Å²) in [5, 5.41) is 5.71. The molecule has 134 valence electrons. The predicted molar refractivity (Wildman–Crippen MR) is 100 cm³/mol. The molecule has 0 spiro atoms. The molecule has 0 atom stereocenters. The zero-order chi connectivity index (χ0) is 17.9. The highest BCUT2D eigenvalue weighted by Gasteiger charge is 2.13. The van der Waals surface area contributed by atoms with Gasteiger partial charge in [-0.05, 0) is 46.8 Å². The predicted octanol–water partition coefficient (Wildman–Crippen LogP) is 3.88. The number of benzene rings is 3. The number of rotatable bonds is 6. The minimum absolute atomic E-state index is 0.299. The second-order valence-electron chi connectivity index (χ2n) is 6.13. The molecule has 0 aliphatic carbocycles. The molecule has 0 unspecified atom stereocenters. The molecule has 26 heavy (non-hydrogen) atoms. The van der Waals surface area contributed by atoms with E-state index in [-0.39, 0.29) is 0 Å². The molecule has 1 aliphatic rings. The number of ether oxygens (including phenoxy) is 4. The van der Waals surface area contributed by atoms with E-state index in [0.29, 0.717) is 6.79 Å². The third-order valence-electron chi connectivity index (χ3n) is 4.58. The minimum atomic E-state index is 0.299. The quantitative estimate of drug-likeness (QED) is 0.730. The largest absolute Gasteiger partial charge is 0.497 e. The lowest BCUT2D eigenvalue weighted by Crippen LogP contribution is -2.13. The SMILES string of the molecule is COc1ccc2c(CNCc3ccc4c(c3)OCO4)ccc(OC)c2c1. The maximum Gasteiger partial charge on any atom is 0.231 e. The van der Waals surface area contributed by atoms with Gasteiger partial charge in [0.25, 0.3) is 0 Å². The van der Waals surface area contributed by atoms with Crippen LogP contribution in [0.2, 0.25) is 0 Å². The molecule has 0 aromatic heterocycles. The van der Waals surface area contributed by atoms with Crippen molar-refractivity contribution in [1.29, 1.82) is 0 Å². The van der Waals surface area contributed by atoms with Gasteiger partial charge in [0.15, 0.2) is 11.5 Å². The van der Waals surface area contributed by atoms with Crippen LogP contribution in [0.4, 0.5) is 0 Å². The lowest BCUT2D eigenvalue weighted by atomic mass is 10.0. The Balaban J connectivity index is 1.52. The molecule has 1 N–H and O–H groups in total. The molecule has 0 fully saturated rings. The Morgan fingerprint density at radius 2 is 1.73 bits per heavy atom. The maximum absolute atomic E-state index is 5.50. The van der Waals surface area contributed by atoms with Crippen molar-refractivity contribution in [2.24, 2.45) is 0 Å². The molecule has 1 heterocycles. The van der Waals surface area contributed by atoms with E-state index in [4.69, 9.17) is 18.9 Å². The minimum Gasteiger partial charge on any atom is -0.497 e. The first kappa shape index (κ1) is 16.5. The van der Waals surface area contributed by atoms with Gasteiger partial charge >= 0.3 is 0 Å². The van der Waals surface area contributed by atoms with E-state index in [1.54, 1.807) is 14.2 Å². The molecule has 4 rings (SSSR count). The van der Waals surface area contributed by atoms with Crippen LogP contribution in [0, 0.1) is 0 Å². The molecule has 3 aromatic carbocycles. The Labute approximate surface area is 152 Å². The second kappa shape index (κ2) is 7.14. The van der Waals surface area contributed by atoms with Crippen molar-refractivity contribution in [2.45, 2.75) is 13.1 Å². The number of nitrogens with one attached hydrogen (secondary N) is 1. The van der Waals surface area contributed by atoms with Crippen molar-refractivity contribution in [3.63, 3.8) is 0 Å². The Morgan fingerprint density at radius 3 is 2.58 bits per heavy atom. The third-order valence-corrected chi connectivity index (χ3v) is 4.58. The molecule has 0 radical (unpaired) electrons. The topological polar surface area (TPSA) is 49.0 Å². The molecule has 0 amide bonds. The summed E-state index contributed by atoms with van der Waals surface area (Å²) in [7, 11) is 3.36. The second-order valence-corrected chi connectivity index (χ2v) is 6.13. The van der Waals surface area contributed by atoms with Crippen LogP contribution in [0.25, 0.3) is 10.8 Å². The third kappa shape index (κ3) is 3.13. The standard InChI is InChI=1S/C21H21NO4/c1-23-16-5-6-17-15(4-8-19(24-2)18(17)10-16)12-22-11-14-3-7-20-21(9-14)26-13-25-20/h3-10,22H,11-13H2,1-2H3. The fourth-order valence-electron chi connectivity index (χ4n) is 3.21. The first-order valence-electron chi connectivity index (χ1n) is 8.51. The average Bonchev–Trinajstić information content (AvgIpc) is 3.15.